The van der Waals surface area contributed by atoms with E-state index in [0.29, 0.717) is 36.2 Å². The van der Waals surface area contributed by atoms with E-state index in [4.69, 9.17) is 0 Å². The Morgan fingerprint density at radius 3 is 2.62 bits per heavy atom. The van der Waals surface area contributed by atoms with E-state index >= 15 is 0 Å². The number of aryl methyl sites for hydroxylation is 1. The fraction of sp³-hybridized carbons (Fsp3) is 0.450. The van der Waals surface area contributed by atoms with Gasteiger partial charge in [-0.2, -0.15) is 23.3 Å². The molecule has 0 bridgehead atoms. The molecule has 3 aromatic rings. The number of alkyl halides is 5. The van der Waals surface area contributed by atoms with E-state index in [0.717, 1.165) is 12.3 Å². The monoisotopic (exact) mass is 456 g/mol. The van der Waals surface area contributed by atoms with Gasteiger partial charge in [0.1, 0.15) is 17.7 Å². The zero-order valence-electron chi connectivity index (χ0n) is 17.3. The van der Waals surface area contributed by atoms with E-state index in [9.17, 15) is 26.7 Å². The van der Waals surface area contributed by atoms with E-state index in [1.807, 2.05) is 6.92 Å². The average Bonchev–Trinajstić information content (AvgIpc) is 3.20. The van der Waals surface area contributed by atoms with Gasteiger partial charge in [-0.1, -0.05) is 6.92 Å². The molecule has 0 radical (unpaired) electrons. The molecule has 0 aromatic carbocycles. The Bertz CT molecular complexity index is 1080. The van der Waals surface area contributed by atoms with Gasteiger partial charge in [-0.05, 0) is 48.9 Å². The Kier molecular flexibility index (Phi) is 6.99. The van der Waals surface area contributed by atoms with Crippen LogP contribution < -0.4 is 5.32 Å². The van der Waals surface area contributed by atoms with E-state index < -0.39 is 29.9 Å². The predicted octanol–water partition coefficient (Wildman–Crippen LogP) is 3.88. The number of pyridine rings is 1. The van der Waals surface area contributed by atoms with Crippen molar-refractivity contribution in [1.29, 1.82) is 0 Å². The normalized spacial score (nSPS) is 14.0. The average molecular weight is 456 g/mol. The molecule has 12 heteroatoms. The number of carbonyl (C=O) groups excluding carboxylic acids is 1. The van der Waals surface area contributed by atoms with Crippen LogP contribution in [0.3, 0.4) is 0 Å². The topological polar surface area (TPSA) is 85.1 Å². The fourth-order valence-corrected chi connectivity index (χ4v) is 3.58. The largest absolute Gasteiger partial charge is 0.433 e. The molecule has 2 atom stereocenters. The van der Waals surface area contributed by atoms with Crippen LogP contribution in [-0.2, 0) is 17.4 Å². The molecule has 3 heterocycles. The third-order valence-electron chi connectivity index (χ3n) is 5.36. The summed E-state index contributed by atoms with van der Waals surface area (Å²) in [5, 5.41) is 6.62. The second kappa shape index (κ2) is 9.53. The maximum Gasteiger partial charge on any atom is 0.433 e. The van der Waals surface area contributed by atoms with E-state index in [-0.39, 0.29) is 18.1 Å². The number of fused-ring (bicyclic) bond motifs is 1. The maximum absolute atomic E-state index is 13.5. The maximum atomic E-state index is 13.5. The zero-order chi connectivity index (χ0) is 23.5. The molecule has 32 heavy (non-hydrogen) atoms. The van der Waals surface area contributed by atoms with Gasteiger partial charge in [0.25, 0.3) is 12.2 Å². The summed E-state index contributed by atoms with van der Waals surface area (Å²) in [7, 11) is 0. The first kappa shape index (κ1) is 23.5. The van der Waals surface area contributed by atoms with Gasteiger partial charge in [-0.15, -0.1) is 0 Å². The van der Waals surface area contributed by atoms with E-state index in [2.05, 4.69) is 25.4 Å². The Morgan fingerprint density at radius 1 is 1.22 bits per heavy atom. The Hall–Kier alpha value is -3.18. The molecule has 3 aromatic heterocycles. The zero-order valence-corrected chi connectivity index (χ0v) is 17.3. The van der Waals surface area contributed by atoms with Crippen LogP contribution in [0.2, 0.25) is 0 Å². The van der Waals surface area contributed by atoms with Crippen molar-refractivity contribution in [2.24, 2.45) is 5.92 Å². The van der Waals surface area contributed by atoms with Gasteiger partial charge in [-0.3, -0.25) is 9.78 Å². The van der Waals surface area contributed by atoms with Crippen molar-refractivity contribution in [1.82, 2.24) is 29.9 Å². The van der Waals surface area contributed by atoms with Crippen molar-refractivity contribution < 1.29 is 26.7 Å². The minimum Gasteiger partial charge on any atom is -0.359 e. The van der Waals surface area contributed by atoms with Gasteiger partial charge in [0.15, 0.2) is 0 Å². The quantitative estimate of drug-likeness (QED) is 0.300. The molecule has 0 fully saturated rings. The highest BCUT2D eigenvalue weighted by Crippen LogP contribution is 2.35. The number of amides is 1. The summed E-state index contributed by atoms with van der Waals surface area (Å²) in [6, 6.07) is 2.19. The van der Waals surface area contributed by atoms with E-state index in [1.165, 1.54) is 16.9 Å². The molecule has 3 rings (SSSR count). The van der Waals surface area contributed by atoms with Gasteiger partial charge in [0, 0.05) is 18.7 Å². The molecule has 0 saturated carbocycles. The van der Waals surface area contributed by atoms with Crippen LogP contribution in [-0.4, -0.2) is 37.5 Å². The molecule has 0 aliphatic carbocycles. The van der Waals surface area contributed by atoms with Crippen LogP contribution in [0, 0.1) is 12.8 Å². The minimum absolute atomic E-state index is 0.0246. The van der Waals surface area contributed by atoms with E-state index in [1.54, 1.807) is 6.92 Å². The molecule has 1 unspecified atom stereocenters. The second-order valence-corrected chi connectivity index (χ2v) is 7.52. The van der Waals surface area contributed by atoms with Gasteiger partial charge in [-0.25, -0.2) is 18.3 Å². The SMILES string of the molecule is Cc1cnc(C(F)(F)F)cc1CC(c1cc(C(F)F)nc2ncnn12)[C@H](C)CCNC=O. The summed E-state index contributed by atoms with van der Waals surface area (Å²) in [4.78, 5) is 21.8. The molecule has 0 aliphatic rings. The molecule has 1 amide bonds. The van der Waals surface area contributed by atoms with Gasteiger partial charge in [0.2, 0.25) is 6.41 Å². The van der Waals surface area contributed by atoms with Crippen LogP contribution >= 0.6 is 0 Å². The molecule has 1 N–H and O–H groups in total. The Balaban J connectivity index is 2.09. The summed E-state index contributed by atoms with van der Waals surface area (Å²) in [6.45, 7) is 3.79. The number of hydrogen-bond donors (Lipinski definition) is 1. The Morgan fingerprint density at radius 2 is 1.97 bits per heavy atom. The summed E-state index contributed by atoms with van der Waals surface area (Å²) >= 11 is 0. The smallest absolute Gasteiger partial charge is 0.359 e. The number of hydrogen-bond acceptors (Lipinski definition) is 5. The number of rotatable bonds is 9. The van der Waals surface area contributed by atoms with Crippen molar-refractivity contribution in [2.75, 3.05) is 6.54 Å². The number of nitrogens with zero attached hydrogens (tertiary/aromatic N) is 5. The summed E-state index contributed by atoms with van der Waals surface area (Å²) in [6.07, 6.45) is -4.03. The summed E-state index contributed by atoms with van der Waals surface area (Å²) < 4.78 is 67.9. The fourth-order valence-electron chi connectivity index (χ4n) is 3.58. The first-order valence-corrected chi connectivity index (χ1v) is 9.80. The van der Waals surface area contributed by atoms with Crippen LogP contribution in [0.25, 0.3) is 5.78 Å². The number of carbonyl (C=O) groups is 1. The summed E-state index contributed by atoms with van der Waals surface area (Å²) in [5.74, 6) is -0.761. The lowest BCUT2D eigenvalue weighted by molar-refractivity contribution is -0.141. The highest BCUT2D eigenvalue weighted by molar-refractivity contribution is 5.45. The number of halogens is 5. The predicted molar refractivity (Wildman–Crippen MR) is 104 cm³/mol. The molecule has 172 valence electrons. The first-order chi connectivity index (χ1) is 15.1. The van der Waals surface area contributed by atoms with Gasteiger partial charge in [0.05, 0.1) is 5.69 Å². The van der Waals surface area contributed by atoms with Crippen molar-refractivity contribution in [3.05, 3.63) is 52.9 Å². The van der Waals surface area contributed by atoms with Crippen LogP contribution in [0.1, 0.15) is 53.9 Å². The number of nitrogens with one attached hydrogen (secondary N) is 1. The molecule has 7 nitrogen and oxygen atoms in total. The van der Waals surface area contributed by atoms with Crippen molar-refractivity contribution in [3.63, 3.8) is 0 Å². The molecule has 0 spiro atoms. The molecule has 0 saturated heterocycles. The van der Waals surface area contributed by atoms with Crippen LogP contribution in [0.4, 0.5) is 22.0 Å². The van der Waals surface area contributed by atoms with Crippen molar-refractivity contribution in [2.45, 2.75) is 45.2 Å². The van der Waals surface area contributed by atoms with Gasteiger partial charge < -0.3 is 5.32 Å². The van der Waals surface area contributed by atoms with Crippen LogP contribution in [0.5, 0.6) is 0 Å². The molecular weight excluding hydrogens is 435 g/mol. The lowest BCUT2D eigenvalue weighted by atomic mass is 9.82. The third-order valence-corrected chi connectivity index (χ3v) is 5.36. The lowest BCUT2D eigenvalue weighted by Gasteiger charge is -2.26. The van der Waals surface area contributed by atoms with Crippen molar-refractivity contribution >= 4 is 12.2 Å². The number of aromatic nitrogens is 5. The van der Waals surface area contributed by atoms with Gasteiger partial charge >= 0.3 is 6.18 Å². The summed E-state index contributed by atoms with van der Waals surface area (Å²) in [5.41, 5.74) is -0.242. The highest BCUT2D eigenvalue weighted by Gasteiger charge is 2.33. The molecular formula is C20H21F5N6O. The standard InChI is InChI=1S/C20H21F5N6O/c1-11(3-4-26-10-32)14(5-13-6-17(20(23,24)25)27-8-12(13)2)16-7-15(18(21)22)30-19-28-9-29-31(16)19/h6-11,14,18H,3-5H2,1-2H3,(H,26,32)/t11-,14?/m1/s1. The minimum atomic E-state index is -4.61. The first-order valence-electron chi connectivity index (χ1n) is 9.80. The highest BCUT2D eigenvalue weighted by atomic mass is 19.4. The molecule has 0 aliphatic heterocycles. The van der Waals surface area contributed by atoms with Crippen LogP contribution in [0.15, 0.2) is 24.7 Å². The lowest BCUT2D eigenvalue weighted by Crippen LogP contribution is -2.23. The Labute approximate surface area is 180 Å². The second-order valence-electron chi connectivity index (χ2n) is 7.52. The van der Waals surface area contributed by atoms with Crippen molar-refractivity contribution in [3.8, 4) is 0 Å². The third kappa shape index (κ3) is 5.17.